The van der Waals surface area contributed by atoms with Crippen LogP contribution in [0.2, 0.25) is 0 Å². The zero-order chi connectivity index (χ0) is 23.8. The molecule has 0 spiro atoms. The molecule has 4 heterocycles. The number of thiazole rings is 1. The van der Waals surface area contributed by atoms with Crippen molar-refractivity contribution in [3.63, 3.8) is 0 Å². The lowest BCUT2D eigenvalue weighted by molar-refractivity contribution is -0.689. The molecule has 5 rings (SSSR count). The first-order chi connectivity index (χ1) is 16.4. The van der Waals surface area contributed by atoms with Gasteiger partial charge < -0.3 is 25.8 Å². The van der Waals surface area contributed by atoms with E-state index in [1.165, 1.54) is 16.7 Å². The molecule has 34 heavy (non-hydrogen) atoms. The van der Waals surface area contributed by atoms with Crippen molar-refractivity contribution in [3.05, 3.63) is 52.9 Å². The van der Waals surface area contributed by atoms with Crippen LogP contribution in [0.25, 0.3) is 0 Å². The van der Waals surface area contributed by atoms with Crippen LogP contribution < -0.4 is 20.7 Å². The zero-order valence-corrected chi connectivity index (χ0v) is 19.4. The molecular formula is C21H20N6O5S2. The predicted molar refractivity (Wildman–Crippen MR) is 121 cm³/mol. The molecule has 1 aliphatic carbocycles. The number of amides is 2. The van der Waals surface area contributed by atoms with Crippen molar-refractivity contribution in [1.82, 2.24) is 15.2 Å². The fourth-order valence-corrected chi connectivity index (χ4v) is 5.55. The van der Waals surface area contributed by atoms with Crippen molar-refractivity contribution in [2.45, 2.75) is 36.9 Å². The number of hydrogen-bond donors (Lipinski definition) is 2. The monoisotopic (exact) mass is 500 g/mol. The number of fused-ring (bicyclic) bond motifs is 1. The average molecular weight is 501 g/mol. The molecule has 2 aromatic rings. The predicted octanol–water partition coefficient (Wildman–Crippen LogP) is -1.000. The largest absolute Gasteiger partial charge is 0.543 e. The van der Waals surface area contributed by atoms with Crippen LogP contribution in [0, 0.1) is 0 Å². The van der Waals surface area contributed by atoms with Crippen molar-refractivity contribution in [3.8, 4) is 0 Å². The highest BCUT2D eigenvalue weighted by atomic mass is 32.2. The topological polar surface area (TPSA) is 154 Å². The number of nitrogen functional groups attached to an aromatic ring is 1. The van der Waals surface area contributed by atoms with Gasteiger partial charge in [0.1, 0.15) is 23.2 Å². The fraction of sp³-hybridized carbons (Fsp3) is 0.333. The number of carboxylic acid groups (broad SMARTS) is 1. The van der Waals surface area contributed by atoms with Crippen LogP contribution in [0.3, 0.4) is 0 Å². The van der Waals surface area contributed by atoms with Crippen LogP contribution in [0.15, 0.2) is 52.4 Å². The number of pyridine rings is 1. The SMILES string of the molecule is Nc1nc(C(=NOC2CC2)C(=O)N[C@@H]2C(=O)N3C(C(=O)[O-])=C(C[n+]4ccccc4)CS[C@@H]23)cs1. The molecule has 3 N–H and O–H groups in total. The summed E-state index contributed by atoms with van der Waals surface area (Å²) < 4.78 is 1.82. The summed E-state index contributed by atoms with van der Waals surface area (Å²) in [5.74, 6) is -2.22. The van der Waals surface area contributed by atoms with Gasteiger partial charge in [0.25, 0.3) is 11.8 Å². The van der Waals surface area contributed by atoms with E-state index in [0.29, 0.717) is 17.9 Å². The normalized spacial score (nSPS) is 22.2. The number of carboxylic acids is 1. The summed E-state index contributed by atoms with van der Waals surface area (Å²) in [7, 11) is 0. The Morgan fingerprint density at radius 2 is 2.09 bits per heavy atom. The number of β-lactam (4-membered cyclic amide) rings is 1. The van der Waals surface area contributed by atoms with E-state index in [2.05, 4.69) is 15.5 Å². The highest BCUT2D eigenvalue weighted by Gasteiger charge is 2.53. The van der Waals surface area contributed by atoms with Gasteiger partial charge in [-0.2, -0.15) is 0 Å². The van der Waals surface area contributed by atoms with Crippen LogP contribution in [0.5, 0.6) is 0 Å². The molecule has 2 atom stereocenters. The fourth-order valence-electron chi connectivity index (χ4n) is 3.66. The van der Waals surface area contributed by atoms with Gasteiger partial charge in [-0.05, 0) is 12.8 Å². The van der Waals surface area contributed by atoms with Gasteiger partial charge in [-0.3, -0.25) is 14.5 Å². The quantitative estimate of drug-likeness (QED) is 0.203. The van der Waals surface area contributed by atoms with Gasteiger partial charge in [0.05, 0.1) is 11.7 Å². The molecule has 13 heteroatoms. The number of rotatable bonds is 8. The molecular weight excluding hydrogens is 480 g/mol. The molecule has 2 amide bonds. The van der Waals surface area contributed by atoms with E-state index in [-0.39, 0.29) is 28.3 Å². The average Bonchev–Trinajstić information content (AvgIpc) is 3.56. The number of anilines is 1. The Hall–Kier alpha value is -3.45. The van der Waals surface area contributed by atoms with Crippen LogP contribution in [-0.4, -0.2) is 56.7 Å². The van der Waals surface area contributed by atoms with Crippen molar-refractivity contribution < 1.29 is 28.9 Å². The summed E-state index contributed by atoms with van der Waals surface area (Å²) in [4.78, 5) is 48.5. The Labute approximate surface area is 202 Å². The summed E-state index contributed by atoms with van der Waals surface area (Å²) in [6.07, 6.45) is 5.30. The standard InChI is InChI=1S/C21H20N6O5S2/c22-21-23-13(10-34-21)14(25-32-12-4-5-12)17(28)24-15-18(29)27-16(20(30)31)11(9-33-19(15)27)8-26-6-2-1-3-7-26/h1-3,6-7,10,12,15,19H,4-5,8-9H2,(H3-,22,23,24,28,30,31)/t15-,19+/m1/s1. The highest BCUT2D eigenvalue weighted by molar-refractivity contribution is 8.00. The lowest BCUT2D eigenvalue weighted by Crippen LogP contribution is -2.71. The van der Waals surface area contributed by atoms with Crippen LogP contribution in [-0.2, 0) is 25.8 Å². The third-order valence-corrected chi connectivity index (χ3v) is 7.49. The molecule has 2 aliphatic heterocycles. The van der Waals surface area contributed by atoms with E-state index < -0.39 is 29.2 Å². The molecule has 0 aromatic carbocycles. The Morgan fingerprint density at radius 1 is 1.32 bits per heavy atom. The van der Waals surface area contributed by atoms with Crippen molar-refractivity contribution >= 4 is 51.7 Å². The Kier molecular flexibility index (Phi) is 5.96. The highest BCUT2D eigenvalue weighted by Crippen LogP contribution is 2.40. The third kappa shape index (κ3) is 4.35. The summed E-state index contributed by atoms with van der Waals surface area (Å²) in [5, 5.41) is 19.8. The van der Waals surface area contributed by atoms with Gasteiger partial charge in [0.2, 0.25) is 0 Å². The number of nitrogens with zero attached hydrogens (tertiary/aromatic N) is 4. The molecule has 2 fully saturated rings. The lowest BCUT2D eigenvalue weighted by Gasteiger charge is -2.50. The van der Waals surface area contributed by atoms with Crippen molar-refractivity contribution in [2.24, 2.45) is 5.16 Å². The van der Waals surface area contributed by atoms with E-state index in [1.807, 2.05) is 35.2 Å². The maximum absolute atomic E-state index is 13.0. The summed E-state index contributed by atoms with van der Waals surface area (Å²) in [6.45, 7) is 0.311. The van der Waals surface area contributed by atoms with Gasteiger partial charge in [-0.1, -0.05) is 11.2 Å². The number of aliphatic carboxylic acids is 1. The number of aromatic nitrogens is 2. The minimum absolute atomic E-state index is 0.0369. The van der Waals surface area contributed by atoms with Gasteiger partial charge in [0, 0.05) is 28.8 Å². The maximum Gasteiger partial charge on any atom is 0.276 e. The summed E-state index contributed by atoms with van der Waals surface area (Å²) >= 11 is 2.53. The molecule has 0 bridgehead atoms. The number of nitrogens with two attached hydrogens (primary N) is 1. The molecule has 1 saturated heterocycles. The summed E-state index contributed by atoms with van der Waals surface area (Å²) in [6, 6.07) is 4.61. The first-order valence-corrected chi connectivity index (χ1v) is 12.4. The van der Waals surface area contributed by atoms with Gasteiger partial charge >= 0.3 is 0 Å². The molecule has 2 aromatic heterocycles. The van der Waals surface area contributed by atoms with E-state index in [1.54, 1.807) is 5.38 Å². The van der Waals surface area contributed by atoms with Crippen molar-refractivity contribution in [1.29, 1.82) is 0 Å². The van der Waals surface area contributed by atoms with Gasteiger partial charge in [0.15, 0.2) is 29.8 Å². The minimum atomic E-state index is -1.42. The Morgan fingerprint density at radius 3 is 2.74 bits per heavy atom. The zero-order valence-electron chi connectivity index (χ0n) is 17.7. The van der Waals surface area contributed by atoms with E-state index in [9.17, 15) is 19.5 Å². The molecule has 11 nitrogen and oxygen atoms in total. The first-order valence-electron chi connectivity index (χ1n) is 10.5. The molecule has 3 aliphatic rings. The lowest BCUT2D eigenvalue weighted by atomic mass is 10.0. The Bertz CT molecular complexity index is 1210. The summed E-state index contributed by atoms with van der Waals surface area (Å²) in [5.41, 5.74) is 6.28. The smallest absolute Gasteiger partial charge is 0.276 e. The van der Waals surface area contributed by atoms with Crippen molar-refractivity contribution in [2.75, 3.05) is 11.5 Å². The third-order valence-electron chi connectivity index (χ3n) is 5.48. The van der Waals surface area contributed by atoms with E-state index >= 15 is 0 Å². The molecule has 1 saturated carbocycles. The number of carbonyl (C=O) groups excluding carboxylic acids is 3. The minimum Gasteiger partial charge on any atom is -0.543 e. The number of carbonyl (C=O) groups is 3. The maximum atomic E-state index is 13.0. The second-order valence-corrected chi connectivity index (χ2v) is 9.96. The number of hydrogen-bond acceptors (Lipinski definition) is 10. The van der Waals surface area contributed by atoms with E-state index in [0.717, 1.165) is 24.2 Å². The van der Waals surface area contributed by atoms with E-state index in [4.69, 9.17) is 10.6 Å². The van der Waals surface area contributed by atoms with Crippen LogP contribution in [0.1, 0.15) is 18.5 Å². The van der Waals surface area contributed by atoms with Crippen LogP contribution >= 0.6 is 23.1 Å². The first kappa shape index (κ1) is 22.3. The van der Waals surface area contributed by atoms with Crippen LogP contribution in [0.4, 0.5) is 5.13 Å². The Balaban J connectivity index is 1.34. The second-order valence-electron chi connectivity index (χ2n) is 7.96. The second kappa shape index (κ2) is 9.06. The number of thioether (sulfide) groups is 1. The van der Waals surface area contributed by atoms with Gasteiger partial charge in [-0.15, -0.1) is 23.1 Å². The number of oxime groups is 1. The molecule has 0 unspecified atom stereocenters. The van der Waals surface area contributed by atoms with Gasteiger partial charge in [-0.25, -0.2) is 9.55 Å². The molecule has 0 radical (unpaired) electrons. The number of nitrogens with one attached hydrogen (secondary N) is 1. The molecule has 176 valence electrons.